The van der Waals surface area contributed by atoms with Crippen LogP contribution in [0.3, 0.4) is 0 Å². The predicted molar refractivity (Wildman–Crippen MR) is 79.6 cm³/mol. The van der Waals surface area contributed by atoms with Crippen LogP contribution in [-0.2, 0) is 14.9 Å². The summed E-state index contributed by atoms with van der Waals surface area (Å²) in [6.45, 7) is 1.98. The monoisotopic (exact) mass is 325 g/mol. The number of rotatable bonds is 7. The number of alkyl halides is 1. The lowest BCUT2D eigenvalue weighted by molar-refractivity contribution is -0.134. The van der Waals surface area contributed by atoms with Gasteiger partial charge in [0.25, 0.3) is 0 Å². The topological polar surface area (TPSA) is 29.5 Å². The number of hydrogen-bond acceptors (Lipinski definition) is 2. The van der Waals surface area contributed by atoms with E-state index in [4.69, 9.17) is 4.74 Å². The van der Waals surface area contributed by atoms with E-state index in [2.05, 4.69) is 28.1 Å². The van der Waals surface area contributed by atoms with Crippen LogP contribution in [0.5, 0.6) is 0 Å². The van der Waals surface area contributed by atoms with Crippen LogP contribution < -0.4 is 0 Å². The molecule has 1 aromatic rings. The molecule has 1 saturated carbocycles. The largest absolute Gasteiger partial charge is 0.383 e. The fourth-order valence-corrected chi connectivity index (χ4v) is 2.86. The van der Waals surface area contributed by atoms with Gasteiger partial charge < -0.3 is 9.64 Å². The molecule has 1 aliphatic rings. The van der Waals surface area contributed by atoms with Crippen molar-refractivity contribution in [3.8, 4) is 0 Å². The fourth-order valence-electron chi connectivity index (χ4n) is 2.43. The van der Waals surface area contributed by atoms with Gasteiger partial charge in [0.05, 0.1) is 12.0 Å². The maximum Gasteiger partial charge on any atom is 0.233 e. The Morgan fingerprint density at radius 3 is 2.53 bits per heavy atom. The Bertz CT molecular complexity index is 417. The Kier molecular flexibility index (Phi) is 4.99. The number of hydrogen-bond donors (Lipinski definition) is 0. The van der Waals surface area contributed by atoms with Gasteiger partial charge in [0.1, 0.15) is 0 Å². The number of carbonyl (C=O) groups excluding carboxylic acids is 1. The van der Waals surface area contributed by atoms with Crippen LogP contribution >= 0.6 is 15.9 Å². The molecule has 19 heavy (non-hydrogen) atoms. The molecule has 104 valence electrons. The van der Waals surface area contributed by atoms with Gasteiger partial charge in [-0.25, -0.2) is 0 Å². The van der Waals surface area contributed by atoms with Gasteiger partial charge in [-0.2, -0.15) is 0 Å². The highest BCUT2D eigenvalue weighted by atomic mass is 79.9. The second kappa shape index (κ2) is 6.53. The minimum atomic E-state index is -0.267. The first-order valence-corrected chi connectivity index (χ1v) is 7.76. The van der Waals surface area contributed by atoms with Gasteiger partial charge in [0.15, 0.2) is 0 Å². The van der Waals surface area contributed by atoms with Crippen molar-refractivity contribution in [1.29, 1.82) is 0 Å². The molecule has 1 aromatic carbocycles. The molecule has 0 aromatic heterocycles. The summed E-state index contributed by atoms with van der Waals surface area (Å²) in [6, 6.07) is 10.1. The van der Waals surface area contributed by atoms with Crippen LogP contribution in [0.1, 0.15) is 18.4 Å². The van der Waals surface area contributed by atoms with Gasteiger partial charge in [-0.05, 0) is 18.4 Å². The molecule has 3 nitrogen and oxygen atoms in total. The lowest BCUT2D eigenvalue weighted by Crippen LogP contribution is -2.42. The summed E-state index contributed by atoms with van der Waals surface area (Å²) in [5, 5.41) is 0.799. The summed E-state index contributed by atoms with van der Waals surface area (Å²) >= 11 is 3.42. The number of nitrogens with zero attached hydrogens (tertiary/aromatic N) is 1. The third kappa shape index (κ3) is 3.18. The summed E-state index contributed by atoms with van der Waals surface area (Å²) in [7, 11) is 1.67. The van der Waals surface area contributed by atoms with Crippen molar-refractivity contribution < 1.29 is 9.53 Å². The van der Waals surface area contributed by atoms with E-state index in [0.717, 1.165) is 30.3 Å². The third-order valence-corrected chi connectivity index (χ3v) is 4.05. The van der Waals surface area contributed by atoms with E-state index in [1.807, 2.05) is 23.1 Å². The van der Waals surface area contributed by atoms with E-state index in [1.54, 1.807) is 7.11 Å². The normalized spacial score (nSPS) is 16.1. The average Bonchev–Trinajstić information content (AvgIpc) is 3.25. The maximum atomic E-state index is 12.8. The van der Waals surface area contributed by atoms with E-state index in [9.17, 15) is 4.79 Å². The first-order chi connectivity index (χ1) is 9.24. The molecule has 0 spiro atoms. The Balaban J connectivity index is 2.12. The third-order valence-electron chi connectivity index (χ3n) is 3.69. The Morgan fingerprint density at radius 1 is 1.32 bits per heavy atom. The second-order valence-electron chi connectivity index (χ2n) is 4.92. The van der Waals surface area contributed by atoms with Gasteiger partial charge in [0.2, 0.25) is 5.91 Å². The Labute approximate surface area is 123 Å². The standard InChI is InChI=1S/C15H20BrNO2/c1-19-12-11-17(10-9-16)14(18)15(7-8-15)13-5-3-2-4-6-13/h2-6H,7-12H2,1H3. The quantitative estimate of drug-likeness (QED) is 0.721. The molecular formula is C15H20BrNO2. The number of amides is 1. The van der Waals surface area contributed by atoms with Crippen LogP contribution in [0.15, 0.2) is 30.3 Å². The van der Waals surface area contributed by atoms with Gasteiger partial charge in [-0.15, -0.1) is 0 Å². The number of benzene rings is 1. The lowest BCUT2D eigenvalue weighted by Gasteiger charge is -2.27. The molecule has 0 N–H and O–H groups in total. The number of carbonyl (C=O) groups is 1. The van der Waals surface area contributed by atoms with Crippen molar-refractivity contribution in [1.82, 2.24) is 4.90 Å². The minimum absolute atomic E-state index is 0.246. The molecule has 0 heterocycles. The Morgan fingerprint density at radius 2 is 2.00 bits per heavy atom. The molecule has 0 radical (unpaired) electrons. The van der Waals surface area contributed by atoms with E-state index >= 15 is 0 Å². The SMILES string of the molecule is COCCN(CCBr)C(=O)C1(c2ccccc2)CC1. The van der Waals surface area contributed by atoms with Gasteiger partial charge >= 0.3 is 0 Å². The van der Waals surface area contributed by atoms with Crippen molar-refractivity contribution in [3.63, 3.8) is 0 Å². The highest BCUT2D eigenvalue weighted by Gasteiger charge is 2.52. The summed E-state index contributed by atoms with van der Waals surface area (Å²) < 4.78 is 5.10. The first kappa shape index (κ1) is 14.5. The van der Waals surface area contributed by atoms with Crippen molar-refractivity contribution in [2.45, 2.75) is 18.3 Å². The molecule has 0 bridgehead atoms. The molecule has 1 aliphatic carbocycles. The number of methoxy groups -OCH3 is 1. The molecule has 0 atom stereocenters. The molecule has 0 unspecified atom stereocenters. The molecule has 4 heteroatoms. The second-order valence-corrected chi connectivity index (χ2v) is 5.72. The summed E-state index contributed by atoms with van der Waals surface area (Å²) in [5.74, 6) is 0.246. The zero-order chi connectivity index (χ0) is 13.7. The molecule has 1 fully saturated rings. The molecule has 2 rings (SSSR count). The lowest BCUT2D eigenvalue weighted by atomic mass is 9.94. The minimum Gasteiger partial charge on any atom is -0.383 e. The van der Waals surface area contributed by atoms with Crippen LogP contribution in [0.2, 0.25) is 0 Å². The van der Waals surface area contributed by atoms with Crippen LogP contribution in [-0.4, -0.2) is 42.9 Å². The fraction of sp³-hybridized carbons (Fsp3) is 0.533. The van der Waals surface area contributed by atoms with Crippen LogP contribution in [0, 0.1) is 0 Å². The highest BCUT2D eigenvalue weighted by molar-refractivity contribution is 9.09. The molecule has 0 saturated heterocycles. The van der Waals surface area contributed by atoms with Crippen molar-refractivity contribution >= 4 is 21.8 Å². The molecule has 1 amide bonds. The van der Waals surface area contributed by atoms with E-state index < -0.39 is 0 Å². The zero-order valence-corrected chi connectivity index (χ0v) is 12.9. The van der Waals surface area contributed by atoms with Gasteiger partial charge in [-0.1, -0.05) is 46.3 Å². The van der Waals surface area contributed by atoms with Crippen molar-refractivity contribution in [2.24, 2.45) is 0 Å². The number of halogens is 1. The van der Waals surface area contributed by atoms with Gasteiger partial charge in [0, 0.05) is 25.5 Å². The molecular weight excluding hydrogens is 306 g/mol. The van der Waals surface area contributed by atoms with Crippen molar-refractivity contribution in [2.75, 3.05) is 32.1 Å². The molecule has 0 aliphatic heterocycles. The van der Waals surface area contributed by atoms with E-state index in [-0.39, 0.29) is 11.3 Å². The average molecular weight is 326 g/mol. The summed E-state index contributed by atoms with van der Waals surface area (Å²) in [5.41, 5.74) is 0.883. The summed E-state index contributed by atoms with van der Waals surface area (Å²) in [4.78, 5) is 14.7. The van der Waals surface area contributed by atoms with Crippen LogP contribution in [0.25, 0.3) is 0 Å². The predicted octanol–water partition coefficient (Wildman–Crippen LogP) is 2.59. The van der Waals surface area contributed by atoms with Crippen molar-refractivity contribution in [3.05, 3.63) is 35.9 Å². The first-order valence-electron chi connectivity index (χ1n) is 6.64. The van der Waals surface area contributed by atoms with Gasteiger partial charge in [-0.3, -0.25) is 4.79 Å². The number of ether oxygens (including phenoxy) is 1. The Hall–Kier alpha value is -0.870. The smallest absolute Gasteiger partial charge is 0.233 e. The van der Waals surface area contributed by atoms with E-state index in [1.165, 1.54) is 0 Å². The highest BCUT2D eigenvalue weighted by Crippen LogP contribution is 2.49. The maximum absolute atomic E-state index is 12.8. The van der Waals surface area contributed by atoms with E-state index in [0.29, 0.717) is 13.2 Å². The summed E-state index contributed by atoms with van der Waals surface area (Å²) in [6.07, 6.45) is 1.92. The van der Waals surface area contributed by atoms with Crippen LogP contribution in [0.4, 0.5) is 0 Å². The zero-order valence-electron chi connectivity index (χ0n) is 11.3.